The molecule has 4 nitrogen and oxygen atoms in total. The van der Waals surface area contributed by atoms with E-state index in [1.54, 1.807) is 12.4 Å². The van der Waals surface area contributed by atoms with E-state index in [9.17, 15) is 0 Å². The van der Waals surface area contributed by atoms with Crippen molar-refractivity contribution in [3.8, 4) is 11.4 Å². The summed E-state index contributed by atoms with van der Waals surface area (Å²) >= 11 is 1.93. The van der Waals surface area contributed by atoms with E-state index in [2.05, 4.69) is 40.6 Å². The summed E-state index contributed by atoms with van der Waals surface area (Å²) < 4.78 is 0. The molecule has 5 heteroatoms. The van der Waals surface area contributed by atoms with Crippen molar-refractivity contribution in [3.63, 3.8) is 0 Å². The van der Waals surface area contributed by atoms with Gasteiger partial charge in [-0.2, -0.15) is 0 Å². The normalized spacial score (nSPS) is 16.1. The van der Waals surface area contributed by atoms with E-state index in [-0.39, 0.29) is 6.04 Å². The number of fused-ring (bicyclic) bond motifs is 2. The second-order valence-electron chi connectivity index (χ2n) is 6.53. The third-order valence-electron chi connectivity index (χ3n) is 4.79. The Balaban J connectivity index is 1.61. The van der Waals surface area contributed by atoms with Gasteiger partial charge in [-0.1, -0.05) is 30.3 Å². The average Bonchev–Trinajstić information content (AvgIpc) is 2.74. The van der Waals surface area contributed by atoms with Crippen molar-refractivity contribution in [2.75, 3.05) is 11.1 Å². The van der Waals surface area contributed by atoms with Crippen LogP contribution in [0.1, 0.15) is 18.0 Å². The van der Waals surface area contributed by atoms with E-state index < -0.39 is 0 Å². The van der Waals surface area contributed by atoms with E-state index >= 15 is 0 Å². The second kappa shape index (κ2) is 7.00. The summed E-state index contributed by atoms with van der Waals surface area (Å²) in [5.41, 5.74) is 3.21. The number of hydrogen-bond acceptors (Lipinski definition) is 5. The lowest BCUT2D eigenvalue weighted by atomic mass is 10.0. The zero-order valence-corrected chi connectivity index (χ0v) is 15.5. The minimum atomic E-state index is 0.252. The van der Waals surface area contributed by atoms with Crippen molar-refractivity contribution in [1.82, 2.24) is 15.0 Å². The van der Waals surface area contributed by atoms with E-state index in [1.807, 2.05) is 42.1 Å². The first kappa shape index (κ1) is 16.3. The van der Waals surface area contributed by atoms with Gasteiger partial charge in [-0.15, -0.1) is 11.8 Å². The van der Waals surface area contributed by atoms with Crippen LogP contribution in [0, 0.1) is 0 Å². The van der Waals surface area contributed by atoms with Crippen LogP contribution in [0.25, 0.3) is 22.3 Å². The lowest BCUT2D eigenvalue weighted by Crippen LogP contribution is -2.17. The molecule has 27 heavy (non-hydrogen) atoms. The highest BCUT2D eigenvalue weighted by Crippen LogP contribution is 2.38. The quantitative estimate of drug-likeness (QED) is 0.527. The van der Waals surface area contributed by atoms with Gasteiger partial charge in [0.25, 0.3) is 0 Å². The summed E-state index contributed by atoms with van der Waals surface area (Å²) in [6.07, 6.45) is 4.64. The molecule has 0 amide bonds. The molecule has 2 aromatic heterocycles. The fraction of sp³-hybridized carbons (Fsp3) is 0.136. The van der Waals surface area contributed by atoms with Gasteiger partial charge in [0.15, 0.2) is 5.82 Å². The minimum absolute atomic E-state index is 0.252. The van der Waals surface area contributed by atoms with Gasteiger partial charge in [0, 0.05) is 34.0 Å². The molecule has 0 spiro atoms. The molecule has 0 saturated heterocycles. The molecule has 2 aromatic carbocycles. The Bertz CT molecular complexity index is 1100. The summed E-state index contributed by atoms with van der Waals surface area (Å²) in [5.74, 6) is 2.68. The predicted molar refractivity (Wildman–Crippen MR) is 111 cm³/mol. The minimum Gasteiger partial charge on any atom is -0.363 e. The first-order valence-corrected chi connectivity index (χ1v) is 10.0. The smallest absolute Gasteiger partial charge is 0.163 e. The lowest BCUT2D eigenvalue weighted by Gasteiger charge is -2.27. The Morgan fingerprint density at radius 2 is 1.81 bits per heavy atom. The Morgan fingerprint density at radius 1 is 0.926 bits per heavy atom. The number of thioether (sulfide) groups is 1. The Kier molecular flexibility index (Phi) is 4.22. The van der Waals surface area contributed by atoms with Gasteiger partial charge in [0.1, 0.15) is 5.82 Å². The van der Waals surface area contributed by atoms with Gasteiger partial charge in [-0.3, -0.25) is 4.98 Å². The first-order valence-electron chi connectivity index (χ1n) is 9.04. The number of anilines is 1. The Hall–Kier alpha value is -2.92. The average molecular weight is 370 g/mol. The molecule has 0 saturated carbocycles. The number of aromatic nitrogens is 3. The molecule has 0 fully saturated rings. The zero-order valence-electron chi connectivity index (χ0n) is 14.7. The summed E-state index contributed by atoms with van der Waals surface area (Å²) in [6, 6.07) is 20.9. The highest BCUT2D eigenvalue weighted by atomic mass is 32.2. The standard InChI is InChI=1S/C22H18N4S/c1-3-9-18-17(8-1)22(26-21(24-18)15-6-5-12-23-14-15)25-19-11-13-27-20-10-4-2-7-16(19)20/h1-10,12,14,19H,11,13H2,(H,24,25,26). The van der Waals surface area contributed by atoms with Crippen LogP contribution in [-0.4, -0.2) is 20.7 Å². The molecule has 0 bridgehead atoms. The molecular formula is C22H18N4S. The third kappa shape index (κ3) is 3.15. The number of para-hydroxylation sites is 1. The van der Waals surface area contributed by atoms with E-state index in [1.165, 1.54) is 10.5 Å². The molecule has 5 rings (SSSR count). The van der Waals surface area contributed by atoms with E-state index in [4.69, 9.17) is 9.97 Å². The number of pyridine rings is 1. The maximum atomic E-state index is 4.87. The van der Waals surface area contributed by atoms with Crippen molar-refractivity contribution < 1.29 is 0 Å². The van der Waals surface area contributed by atoms with E-state index in [0.717, 1.165) is 34.5 Å². The van der Waals surface area contributed by atoms with Gasteiger partial charge >= 0.3 is 0 Å². The number of hydrogen-bond donors (Lipinski definition) is 1. The predicted octanol–water partition coefficient (Wildman–Crippen LogP) is 5.34. The van der Waals surface area contributed by atoms with Crippen molar-refractivity contribution >= 4 is 28.5 Å². The first-order chi connectivity index (χ1) is 13.4. The molecule has 3 heterocycles. The van der Waals surface area contributed by atoms with Gasteiger partial charge in [0.05, 0.1) is 11.6 Å². The molecule has 4 aromatic rings. The third-order valence-corrected chi connectivity index (χ3v) is 5.92. The van der Waals surface area contributed by atoms with Crippen molar-refractivity contribution in [3.05, 3.63) is 78.6 Å². The van der Waals surface area contributed by atoms with Crippen LogP contribution in [0.4, 0.5) is 5.82 Å². The Labute approximate surface area is 162 Å². The topological polar surface area (TPSA) is 50.7 Å². The lowest BCUT2D eigenvalue weighted by molar-refractivity contribution is 0.725. The van der Waals surface area contributed by atoms with Crippen LogP contribution in [0.2, 0.25) is 0 Å². The van der Waals surface area contributed by atoms with Gasteiger partial charge in [-0.05, 0) is 42.3 Å². The largest absolute Gasteiger partial charge is 0.363 e. The van der Waals surface area contributed by atoms with Gasteiger partial charge in [-0.25, -0.2) is 9.97 Å². The fourth-order valence-corrected chi connectivity index (χ4v) is 4.59. The molecular weight excluding hydrogens is 352 g/mol. The van der Waals surface area contributed by atoms with E-state index in [0.29, 0.717) is 5.82 Å². The molecule has 0 aliphatic carbocycles. The van der Waals surface area contributed by atoms with Crippen LogP contribution >= 0.6 is 11.8 Å². The number of benzene rings is 2. The summed E-state index contributed by atoms with van der Waals surface area (Å²) in [5, 5.41) is 4.75. The van der Waals surface area contributed by atoms with Crippen molar-refractivity contribution in [2.24, 2.45) is 0 Å². The summed E-state index contributed by atoms with van der Waals surface area (Å²) in [6.45, 7) is 0. The zero-order chi connectivity index (χ0) is 18.1. The van der Waals surface area contributed by atoms with Crippen molar-refractivity contribution in [1.29, 1.82) is 0 Å². The summed E-state index contributed by atoms with van der Waals surface area (Å²) in [7, 11) is 0. The number of nitrogens with zero attached hydrogens (tertiary/aromatic N) is 3. The van der Waals surface area contributed by atoms with Crippen LogP contribution in [0.5, 0.6) is 0 Å². The monoisotopic (exact) mass is 370 g/mol. The number of nitrogens with one attached hydrogen (secondary N) is 1. The van der Waals surface area contributed by atoms with Crippen LogP contribution in [-0.2, 0) is 0 Å². The molecule has 1 unspecified atom stereocenters. The van der Waals surface area contributed by atoms with Crippen LogP contribution in [0.3, 0.4) is 0 Å². The molecule has 1 atom stereocenters. The molecule has 0 radical (unpaired) electrons. The maximum absolute atomic E-state index is 4.87. The molecule has 1 N–H and O–H groups in total. The van der Waals surface area contributed by atoms with Gasteiger partial charge < -0.3 is 5.32 Å². The Morgan fingerprint density at radius 3 is 2.74 bits per heavy atom. The van der Waals surface area contributed by atoms with Crippen molar-refractivity contribution in [2.45, 2.75) is 17.4 Å². The fourth-order valence-electron chi connectivity index (χ4n) is 3.47. The molecule has 1 aliphatic heterocycles. The van der Waals surface area contributed by atoms with Gasteiger partial charge in [0.2, 0.25) is 0 Å². The van der Waals surface area contributed by atoms with Crippen LogP contribution < -0.4 is 5.32 Å². The van der Waals surface area contributed by atoms with Crippen LogP contribution in [0.15, 0.2) is 78.0 Å². The maximum Gasteiger partial charge on any atom is 0.163 e. The SMILES string of the molecule is c1cncc(-c2nc(NC3CCSc4ccccc43)c3ccccc3n2)c1. The second-order valence-corrected chi connectivity index (χ2v) is 7.66. The number of rotatable bonds is 3. The molecule has 132 valence electrons. The molecule has 1 aliphatic rings. The highest BCUT2D eigenvalue weighted by molar-refractivity contribution is 7.99. The highest BCUT2D eigenvalue weighted by Gasteiger charge is 2.21. The summed E-state index contributed by atoms with van der Waals surface area (Å²) in [4.78, 5) is 15.2.